The molecule has 0 amide bonds. The molecule has 0 unspecified atom stereocenters. The van der Waals surface area contributed by atoms with E-state index in [-0.39, 0.29) is 11.5 Å². The predicted molar refractivity (Wildman–Crippen MR) is 81.0 cm³/mol. The van der Waals surface area contributed by atoms with E-state index in [1.165, 1.54) is 0 Å². The second-order valence-electron chi connectivity index (χ2n) is 5.07. The fourth-order valence-electron chi connectivity index (χ4n) is 2.54. The Morgan fingerprint density at radius 1 is 1.05 bits per heavy atom. The van der Waals surface area contributed by atoms with Crippen LogP contribution in [0.2, 0.25) is 0 Å². The fraction of sp³-hybridized carbons (Fsp3) is 0.500. The minimum Gasteiger partial charge on any atom is -0.300 e. The number of Topliss-reactive ketones (excluding diaryl/α,β-unsaturated/α-hetero) is 1. The molecule has 20 heavy (non-hydrogen) atoms. The molecule has 108 valence electrons. The maximum Gasteiger partial charge on any atom is 0.329 e. The number of imidazole rings is 1. The topological polar surface area (TPSA) is 44.0 Å². The first kappa shape index (κ1) is 14.6. The van der Waals surface area contributed by atoms with Crippen LogP contribution in [0.4, 0.5) is 0 Å². The third kappa shape index (κ3) is 2.84. The first-order chi connectivity index (χ1) is 9.69. The first-order valence-electron chi connectivity index (χ1n) is 7.38. The summed E-state index contributed by atoms with van der Waals surface area (Å²) in [6.07, 6.45) is 2.79. The predicted octanol–water partition coefficient (Wildman–Crippen LogP) is 2.97. The molecule has 1 aromatic carbocycles. The normalized spacial score (nSPS) is 11.1. The van der Waals surface area contributed by atoms with E-state index in [1.54, 1.807) is 4.57 Å². The van der Waals surface area contributed by atoms with E-state index < -0.39 is 0 Å². The van der Waals surface area contributed by atoms with Crippen LogP contribution in [-0.2, 0) is 17.9 Å². The minimum atomic E-state index is 0.0389. The lowest BCUT2D eigenvalue weighted by atomic mass is 10.2. The SMILES string of the molecule is CCCn1c(=O)n(CCCC(=O)CC)c2ccccc21. The van der Waals surface area contributed by atoms with E-state index in [0.29, 0.717) is 19.4 Å². The van der Waals surface area contributed by atoms with Gasteiger partial charge in [0.15, 0.2) is 0 Å². The highest BCUT2D eigenvalue weighted by atomic mass is 16.1. The molecule has 0 N–H and O–H groups in total. The highest BCUT2D eigenvalue weighted by molar-refractivity contribution is 5.78. The van der Waals surface area contributed by atoms with Crippen LogP contribution in [0.5, 0.6) is 0 Å². The number of aromatic nitrogens is 2. The Morgan fingerprint density at radius 2 is 1.65 bits per heavy atom. The van der Waals surface area contributed by atoms with Crippen molar-refractivity contribution in [1.82, 2.24) is 9.13 Å². The van der Waals surface area contributed by atoms with Crippen molar-refractivity contribution in [3.8, 4) is 0 Å². The van der Waals surface area contributed by atoms with Gasteiger partial charge < -0.3 is 0 Å². The molecule has 0 aliphatic carbocycles. The number of carbonyl (C=O) groups excluding carboxylic acids is 1. The number of hydrogen-bond acceptors (Lipinski definition) is 2. The Labute approximate surface area is 119 Å². The van der Waals surface area contributed by atoms with Crippen molar-refractivity contribution in [3.63, 3.8) is 0 Å². The second-order valence-corrected chi connectivity index (χ2v) is 5.07. The lowest BCUT2D eigenvalue weighted by Gasteiger charge is -2.02. The van der Waals surface area contributed by atoms with Gasteiger partial charge in [-0.3, -0.25) is 13.9 Å². The minimum absolute atomic E-state index is 0.0389. The van der Waals surface area contributed by atoms with Crippen LogP contribution in [0.25, 0.3) is 11.0 Å². The van der Waals surface area contributed by atoms with Gasteiger partial charge in [0.05, 0.1) is 11.0 Å². The number of carbonyl (C=O) groups is 1. The van der Waals surface area contributed by atoms with Gasteiger partial charge >= 0.3 is 5.69 Å². The molecular formula is C16H22N2O2. The number of nitrogens with zero attached hydrogens (tertiary/aromatic N) is 2. The van der Waals surface area contributed by atoms with Crippen LogP contribution in [0.1, 0.15) is 39.5 Å². The molecule has 1 aromatic heterocycles. The van der Waals surface area contributed by atoms with Crippen LogP contribution in [0.15, 0.2) is 29.1 Å². The van der Waals surface area contributed by atoms with E-state index >= 15 is 0 Å². The summed E-state index contributed by atoms with van der Waals surface area (Å²) >= 11 is 0. The molecule has 0 atom stereocenters. The molecule has 0 saturated carbocycles. The molecule has 0 bridgehead atoms. The maximum absolute atomic E-state index is 12.5. The van der Waals surface area contributed by atoms with Crippen LogP contribution in [-0.4, -0.2) is 14.9 Å². The zero-order valence-corrected chi connectivity index (χ0v) is 12.3. The molecule has 0 spiro atoms. The summed E-state index contributed by atoms with van der Waals surface area (Å²) < 4.78 is 3.63. The van der Waals surface area contributed by atoms with Crippen LogP contribution in [0.3, 0.4) is 0 Å². The molecule has 0 radical (unpaired) electrons. The maximum atomic E-state index is 12.5. The number of ketones is 1. The molecule has 2 rings (SSSR count). The van der Waals surface area contributed by atoms with Crippen molar-refractivity contribution in [3.05, 3.63) is 34.7 Å². The summed E-state index contributed by atoms with van der Waals surface area (Å²) in [5, 5.41) is 0. The van der Waals surface area contributed by atoms with Crippen LogP contribution >= 0.6 is 0 Å². The van der Waals surface area contributed by atoms with Crippen molar-refractivity contribution < 1.29 is 4.79 Å². The standard InChI is InChI=1S/C16H22N2O2/c1-3-11-17-14-9-5-6-10-15(14)18(16(17)20)12-7-8-13(19)4-2/h5-6,9-10H,3-4,7-8,11-12H2,1-2H3. The molecule has 4 heteroatoms. The molecule has 0 fully saturated rings. The average Bonchev–Trinajstić information content (AvgIpc) is 2.73. The Balaban J connectivity index is 2.30. The molecule has 1 heterocycles. The van der Waals surface area contributed by atoms with Crippen LogP contribution < -0.4 is 5.69 Å². The Bertz CT molecular complexity index is 652. The van der Waals surface area contributed by atoms with Crippen molar-refractivity contribution in [1.29, 1.82) is 0 Å². The van der Waals surface area contributed by atoms with Gasteiger partial charge in [0.25, 0.3) is 0 Å². The monoisotopic (exact) mass is 274 g/mol. The van der Waals surface area contributed by atoms with Crippen molar-refractivity contribution in [2.45, 2.75) is 52.6 Å². The van der Waals surface area contributed by atoms with Crippen LogP contribution in [0, 0.1) is 0 Å². The Kier molecular flexibility index (Phi) is 4.77. The summed E-state index contributed by atoms with van der Waals surface area (Å²) in [7, 11) is 0. The number of aryl methyl sites for hydroxylation is 2. The van der Waals surface area contributed by atoms with Gasteiger partial charge in [-0.2, -0.15) is 0 Å². The fourth-order valence-corrected chi connectivity index (χ4v) is 2.54. The van der Waals surface area contributed by atoms with E-state index in [9.17, 15) is 9.59 Å². The summed E-state index contributed by atoms with van der Waals surface area (Å²) in [6.45, 7) is 5.29. The largest absolute Gasteiger partial charge is 0.329 e. The lowest BCUT2D eigenvalue weighted by molar-refractivity contribution is -0.118. The molecule has 0 aliphatic heterocycles. The van der Waals surface area contributed by atoms with E-state index in [4.69, 9.17) is 0 Å². The third-order valence-electron chi connectivity index (χ3n) is 3.60. The third-order valence-corrected chi connectivity index (χ3v) is 3.60. The number of rotatable bonds is 7. The van der Waals surface area contributed by atoms with Gasteiger partial charge in [-0.1, -0.05) is 26.0 Å². The number of benzene rings is 1. The number of para-hydroxylation sites is 2. The van der Waals surface area contributed by atoms with Gasteiger partial charge in [-0.05, 0) is 25.0 Å². The Hall–Kier alpha value is -1.84. The number of fused-ring (bicyclic) bond motifs is 1. The zero-order chi connectivity index (χ0) is 14.5. The second kappa shape index (κ2) is 6.55. The summed E-state index contributed by atoms with van der Waals surface area (Å²) in [6, 6.07) is 7.87. The van der Waals surface area contributed by atoms with Gasteiger partial charge in [0.1, 0.15) is 5.78 Å². The summed E-state index contributed by atoms with van der Waals surface area (Å²) in [5.41, 5.74) is 1.99. The molecular weight excluding hydrogens is 252 g/mol. The summed E-state index contributed by atoms with van der Waals surface area (Å²) in [5.74, 6) is 0.260. The van der Waals surface area contributed by atoms with Gasteiger partial charge in [-0.15, -0.1) is 0 Å². The highest BCUT2D eigenvalue weighted by Crippen LogP contribution is 2.14. The van der Waals surface area contributed by atoms with E-state index in [0.717, 1.165) is 30.4 Å². The zero-order valence-electron chi connectivity index (χ0n) is 12.3. The quantitative estimate of drug-likeness (QED) is 0.779. The molecule has 4 nitrogen and oxygen atoms in total. The van der Waals surface area contributed by atoms with Gasteiger partial charge in [-0.25, -0.2) is 4.79 Å². The summed E-state index contributed by atoms with van der Waals surface area (Å²) in [4.78, 5) is 23.8. The number of hydrogen-bond donors (Lipinski definition) is 0. The van der Waals surface area contributed by atoms with Gasteiger partial charge in [0.2, 0.25) is 0 Å². The van der Waals surface area contributed by atoms with E-state index in [2.05, 4.69) is 6.92 Å². The average molecular weight is 274 g/mol. The first-order valence-corrected chi connectivity index (χ1v) is 7.38. The van der Waals surface area contributed by atoms with Gasteiger partial charge in [0, 0.05) is 25.9 Å². The lowest BCUT2D eigenvalue weighted by Crippen LogP contribution is -2.24. The molecule has 2 aromatic rings. The smallest absolute Gasteiger partial charge is 0.300 e. The highest BCUT2D eigenvalue weighted by Gasteiger charge is 2.11. The van der Waals surface area contributed by atoms with Crippen molar-refractivity contribution >= 4 is 16.8 Å². The molecule has 0 saturated heterocycles. The van der Waals surface area contributed by atoms with Crippen molar-refractivity contribution in [2.75, 3.05) is 0 Å². The van der Waals surface area contributed by atoms with E-state index in [1.807, 2.05) is 35.8 Å². The molecule has 0 aliphatic rings. The van der Waals surface area contributed by atoms with Crippen molar-refractivity contribution in [2.24, 2.45) is 0 Å². The Morgan fingerprint density at radius 3 is 2.20 bits per heavy atom.